The summed E-state index contributed by atoms with van der Waals surface area (Å²) in [5.41, 5.74) is 0. The van der Waals surface area contributed by atoms with Crippen LogP contribution in [-0.2, 0) is 0 Å². The Bertz CT molecular complexity index is 145. The Labute approximate surface area is 95.8 Å². The van der Waals surface area contributed by atoms with Crippen LogP contribution in [0.2, 0.25) is 0 Å². The minimum absolute atomic E-state index is 1.08. The average molecular weight is 207 g/mol. The van der Waals surface area contributed by atoms with Crippen molar-refractivity contribution in [2.75, 3.05) is 0 Å². The molecule has 0 heterocycles. The zero-order valence-electron chi connectivity index (χ0n) is 10.3. The standard InChI is InChI=1S/C15H27/c1-2-4-6-8-10-14(15-12-13-15)11-9-7-5-3-1/h15H,1-13H2. The fourth-order valence-corrected chi connectivity index (χ4v) is 2.97. The lowest BCUT2D eigenvalue weighted by molar-refractivity contribution is 0.500. The topological polar surface area (TPSA) is 0 Å². The van der Waals surface area contributed by atoms with Crippen molar-refractivity contribution in [3.05, 3.63) is 5.92 Å². The molecule has 0 aromatic carbocycles. The predicted octanol–water partition coefficient (Wildman–Crippen LogP) is 5.28. The van der Waals surface area contributed by atoms with Crippen LogP contribution in [0.1, 0.15) is 83.5 Å². The molecule has 0 nitrogen and oxygen atoms in total. The monoisotopic (exact) mass is 207 g/mol. The molecule has 0 unspecified atom stereocenters. The summed E-state index contributed by atoms with van der Waals surface area (Å²) in [5.74, 6) is 3.03. The first-order chi connectivity index (χ1) is 7.47. The Morgan fingerprint density at radius 1 is 0.533 bits per heavy atom. The molecule has 2 aliphatic carbocycles. The highest BCUT2D eigenvalue weighted by molar-refractivity contribution is 5.03. The molecule has 0 atom stereocenters. The SMILES string of the molecule is C1CCCCC[C](C2CC2)CCCCC1. The van der Waals surface area contributed by atoms with E-state index < -0.39 is 0 Å². The van der Waals surface area contributed by atoms with E-state index in [1.165, 1.54) is 83.5 Å². The third-order valence-corrected chi connectivity index (χ3v) is 4.15. The van der Waals surface area contributed by atoms with Crippen LogP contribution in [0.5, 0.6) is 0 Å². The highest BCUT2D eigenvalue weighted by Gasteiger charge is 2.30. The Morgan fingerprint density at radius 3 is 1.33 bits per heavy atom. The van der Waals surface area contributed by atoms with Gasteiger partial charge in [-0.05, 0) is 37.5 Å². The van der Waals surface area contributed by atoms with Gasteiger partial charge in [-0.2, -0.15) is 0 Å². The van der Waals surface area contributed by atoms with Crippen LogP contribution in [-0.4, -0.2) is 0 Å². The molecule has 1 radical (unpaired) electrons. The first kappa shape index (κ1) is 11.5. The van der Waals surface area contributed by atoms with Crippen molar-refractivity contribution < 1.29 is 0 Å². The van der Waals surface area contributed by atoms with E-state index in [0.717, 1.165) is 5.92 Å². The summed E-state index contributed by atoms with van der Waals surface area (Å²) < 4.78 is 0. The average Bonchev–Trinajstić information content (AvgIpc) is 3.02. The van der Waals surface area contributed by atoms with E-state index in [1.807, 2.05) is 5.92 Å². The first-order valence-corrected chi connectivity index (χ1v) is 7.31. The van der Waals surface area contributed by atoms with Crippen molar-refractivity contribution in [3.8, 4) is 0 Å². The van der Waals surface area contributed by atoms with Crippen LogP contribution in [0.3, 0.4) is 0 Å². The van der Waals surface area contributed by atoms with E-state index in [4.69, 9.17) is 0 Å². The second kappa shape index (κ2) is 6.55. The van der Waals surface area contributed by atoms with E-state index >= 15 is 0 Å². The second-order valence-electron chi connectivity index (χ2n) is 5.61. The van der Waals surface area contributed by atoms with E-state index in [2.05, 4.69) is 0 Å². The minimum Gasteiger partial charge on any atom is -0.0533 e. The van der Waals surface area contributed by atoms with Gasteiger partial charge in [-0.1, -0.05) is 57.8 Å². The molecular formula is C15H27. The third kappa shape index (κ3) is 4.57. The van der Waals surface area contributed by atoms with Crippen LogP contribution in [0.4, 0.5) is 0 Å². The molecule has 15 heavy (non-hydrogen) atoms. The third-order valence-electron chi connectivity index (χ3n) is 4.15. The Kier molecular flexibility index (Phi) is 5.02. The van der Waals surface area contributed by atoms with Crippen LogP contribution in [0, 0.1) is 11.8 Å². The van der Waals surface area contributed by atoms with Gasteiger partial charge in [0.05, 0.1) is 0 Å². The molecule has 0 saturated heterocycles. The summed E-state index contributed by atoms with van der Waals surface area (Å²) in [6, 6.07) is 0. The Morgan fingerprint density at radius 2 is 0.933 bits per heavy atom. The fourth-order valence-electron chi connectivity index (χ4n) is 2.97. The van der Waals surface area contributed by atoms with Crippen LogP contribution in [0.25, 0.3) is 0 Å². The molecule has 2 aliphatic rings. The van der Waals surface area contributed by atoms with Crippen molar-refractivity contribution in [2.24, 2.45) is 5.92 Å². The lowest BCUT2D eigenvalue weighted by Crippen LogP contribution is -2.01. The van der Waals surface area contributed by atoms with Crippen molar-refractivity contribution in [3.63, 3.8) is 0 Å². The van der Waals surface area contributed by atoms with E-state index in [1.54, 1.807) is 0 Å². The van der Waals surface area contributed by atoms with Gasteiger partial charge in [0.2, 0.25) is 0 Å². The lowest BCUT2D eigenvalue weighted by Gasteiger charge is -2.16. The van der Waals surface area contributed by atoms with Crippen molar-refractivity contribution in [1.82, 2.24) is 0 Å². The fraction of sp³-hybridized carbons (Fsp3) is 0.933. The molecule has 2 rings (SSSR count). The Hall–Kier alpha value is 0. The van der Waals surface area contributed by atoms with Gasteiger partial charge in [-0.3, -0.25) is 0 Å². The summed E-state index contributed by atoms with van der Waals surface area (Å²) in [6.07, 6.45) is 19.5. The molecular weight excluding hydrogens is 180 g/mol. The van der Waals surface area contributed by atoms with E-state index in [0.29, 0.717) is 0 Å². The van der Waals surface area contributed by atoms with Gasteiger partial charge in [-0.15, -0.1) is 0 Å². The van der Waals surface area contributed by atoms with Crippen molar-refractivity contribution in [1.29, 1.82) is 0 Å². The van der Waals surface area contributed by atoms with Crippen LogP contribution < -0.4 is 0 Å². The zero-order chi connectivity index (χ0) is 10.3. The molecule has 0 aromatic heterocycles. The predicted molar refractivity (Wildman–Crippen MR) is 66.8 cm³/mol. The van der Waals surface area contributed by atoms with Gasteiger partial charge in [-0.25, -0.2) is 0 Å². The zero-order valence-corrected chi connectivity index (χ0v) is 10.3. The van der Waals surface area contributed by atoms with Gasteiger partial charge >= 0.3 is 0 Å². The van der Waals surface area contributed by atoms with Crippen molar-refractivity contribution in [2.45, 2.75) is 83.5 Å². The number of rotatable bonds is 1. The number of hydrogen-bond donors (Lipinski definition) is 0. The first-order valence-electron chi connectivity index (χ1n) is 7.31. The summed E-state index contributed by atoms with van der Waals surface area (Å²) in [6.45, 7) is 0. The van der Waals surface area contributed by atoms with E-state index in [-0.39, 0.29) is 0 Å². The van der Waals surface area contributed by atoms with Gasteiger partial charge in [0.15, 0.2) is 0 Å². The maximum absolute atomic E-state index is 1.95. The molecule has 0 N–H and O–H groups in total. The van der Waals surface area contributed by atoms with Crippen molar-refractivity contribution >= 4 is 0 Å². The molecule has 2 fully saturated rings. The maximum Gasteiger partial charge on any atom is -0.0210 e. The highest BCUT2D eigenvalue weighted by atomic mass is 14.3. The summed E-state index contributed by atoms with van der Waals surface area (Å²) in [7, 11) is 0. The molecule has 87 valence electrons. The number of hydrogen-bond acceptors (Lipinski definition) is 0. The highest BCUT2D eigenvalue weighted by Crippen LogP contribution is 2.43. The molecule has 2 saturated carbocycles. The van der Waals surface area contributed by atoms with Gasteiger partial charge in [0.1, 0.15) is 0 Å². The quantitative estimate of drug-likeness (QED) is 0.549. The van der Waals surface area contributed by atoms with Crippen LogP contribution in [0.15, 0.2) is 0 Å². The minimum atomic E-state index is 1.08. The molecule has 0 aliphatic heterocycles. The van der Waals surface area contributed by atoms with E-state index in [9.17, 15) is 0 Å². The molecule has 0 amide bonds. The summed E-state index contributed by atoms with van der Waals surface area (Å²) >= 11 is 0. The second-order valence-corrected chi connectivity index (χ2v) is 5.61. The molecule has 0 heteroatoms. The van der Waals surface area contributed by atoms with Gasteiger partial charge < -0.3 is 0 Å². The van der Waals surface area contributed by atoms with Gasteiger partial charge in [0, 0.05) is 0 Å². The lowest BCUT2D eigenvalue weighted by atomic mass is 9.89. The molecule has 0 bridgehead atoms. The Balaban J connectivity index is 1.69. The normalized spacial score (nSPS) is 28.0. The van der Waals surface area contributed by atoms with Crippen LogP contribution >= 0.6 is 0 Å². The van der Waals surface area contributed by atoms with Gasteiger partial charge in [0.25, 0.3) is 0 Å². The smallest absolute Gasteiger partial charge is 0.0210 e. The summed E-state index contributed by atoms with van der Waals surface area (Å²) in [4.78, 5) is 0. The maximum atomic E-state index is 1.95. The molecule has 0 aromatic rings. The molecule has 0 spiro atoms. The summed E-state index contributed by atoms with van der Waals surface area (Å²) in [5, 5.41) is 0. The largest absolute Gasteiger partial charge is 0.0533 e.